The molecule has 2 aromatic heterocycles. The summed E-state index contributed by atoms with van der Waals surface area (Å²) < 4.78 is 2.41. The van der Waals surface area contributed by atoms with E-state index in [1.54, 1.807) is 0 Å². The van der Waals surface area contributed by atoms with Gasteiger partial charge in [0.2, 0.25) is 0 Å². The van der Waals surface area contributed by atoms with E-state index in [4.69, 9.17) is 15.0 Å². The van der Waals surface area contributed by atoms with Gasteiger partial charge >= 0.3 is 0 Å². The molecule has 0 N–H and O–H groups in total. The van der Waals surface area contributed by atoms with Crippen molar-refractivity contribution >= 4 is 21.8 Å². The minimum absolute atomic E-state index is 0.151. The van der Waals surface area contributed by atoms with Gasteiger partial charge in [-0.3, -0.25) is 0 Å². The lowest BCUT2D eigenvalue weighted by Crippen LogP contribution is -2.10. The smallest absolute Gasteiger partial charge is 0.164 e. The minimum Gasteiger partial charge on any atom is -0.309 e. The van der Waals surface area contributed by atoms with Crippen molar-refractivity contribution in [1.29, 1.82) is 0 Å². The van der Waals surface area contributed by atoms with Crippen LogP contribution in [-0.4, -0.2) is 19.5 Å². The number of hydrogen-bond donors (Lipinski definition) is 0. The number of rotatable bonds is 9. The summed E-state index contributed by atoms with van der Waals surface area (Å²) in [7, 11) is 0. The largest absolute Gasteiger partial charge is 0.309 e. The Kier molecular flexibility index (Phi) is 10.2. The van der Waals surface area contributed by atoms with Crippen molar-refractivity contribution in [2.75, 3.05) is 0 Å². The molecular weight excluding hydrogens is 825 g/mol. The van der Waals surface area contributed by atoms with Gasteiger partial charge in [0, 0.05) is 39.1 Å². The monoisotopic (exact) mass is 874 g/mol. The van der Waals surface area contributed by atoms with E-state index in [0.29, 0.717) is 23.4 Å². The third-order valence-corrected chi connectivity index (χ3v) is 13.9. The van der Waals surface area contributed by atoms with E-state index < -0.39 is 0 Å². The number of fused-ring (bicyclic) bond motifs is 6. The van der Waals surface area contributed by atoms with Crippen LogP contribution in [-0.2, 0) is 11.8 Å². The SMILES string of the molecule is CC(C)(C)c1ccc(CCC2c3ccccc3-c3ccc(-c4ccc(-n5c6ccccc6c6ccc(-c7cccc(-c8nc(-c9ccccc9)nc(-c9ccccc9)n8)c7)cc65)cc4)cc32)cc1. The summed E-state index contributed by atoms with van der Waals surface area (Å²) >= 11 is 0. The second-order valence-corrected chi connectivity index (χ2v) is 19.2. The van der Waals surface area contributed by atoms with Crippen LogP contribution in [0.3, 0.4) is 0 Å². The number of aryl methyl sites for hydroxylation is 1. The van der Waals surface area contributed by atoms with Crippen molar-refractivity contribution in [3.05, 3.63) is 241 Å². The highest BCUT2D eigenvalue weighted by atomic mass is 15.0. The van der Waals surface area contributed by atoms with Gasteiger partial charge in [0.25, 0.3) is 0 Å². The van der Waals surface area contributed by atoms with Gasteiger partial charge in [-0.15, -0.1) is 0 Å². The standard InChI is InChI=1S/C64H50N4/c1-64(2,3)50-32-25-42(26-33-50)27-36-54-52-21-10-11-22-53(52)55-37-30-47(40-58(54)55)43-28-34-51(35-29-43)68-59-24-13-12-23-56(59)57-38-31-48(41-60(57)68)46-19-14-20-49(39-46)63-66-61(44-15-6-4-7-16-44)65-62(67-63)45-17-8-5-9-18-45/h4-26,28-35,37-41,54H,27,36H2,1-3H3. The van der Waals surface area contributed by atoms with Crippen LogP contribution in [0.4, 0.5) is 0 Å². The molecule has 0 bridgehead atoms. The molecule has 0 saturated heterocycles. The van der Waals surface area contributed by atoms with Crippen LogP contribution in [0.1, 0.15) is 55.4 Å². The van der Waals surface area contributed by atoms with E-state index in [-0.39, 0.29) is 5.41 Å². The lowest BCUT2D eigenvalue weighted by molar-refractivity contribution is 0.589. The number of hydrogen-bond acceptors (Lipinski definition) is 3. The second-order valence-electron chi connectivity index (χ2n) is 19.2. The fraction of sp³-hybridized carbons (Fsp3) is 0.109. The molecule has 12 rings (SSSR count). The van der Waals surface area contributed by atoms with Crippen molar-refractivity contribution < 1.29 is 0 Å². The lowest BCUT2D eigenvalue weighted by Gasteiger charge is -2.19. The van der Waals surface area contributed by atoms with Crippen LogP contribution >= 0.6 is 0 Å². The molecule has 0 saturated carbocycles. The third kappa shape index (κ3) is 7.58. The summed E-state index contributed by atoms with van der Waals surface area (Å²) in [5.41, 5.74) is 19.5. The van der Waals surface area contributed by atoms with Gasteiger partial charge in [-0.25, -0.2) is 15.0 Å². The molecule has 68 heavy (non-hydrogen) atoms. The molecule has 2 heterocycles. The van der Waals surface area contributed by atoms with Gasteiger partial charge < -0.3 is 4.57 Å². The molecule has 0 radical (unpaired) electrons. The fourth-order valence-electron chi connectivity index (χ4n) is 10.3. The van der Waals surface area contributed by atoms with Crippen LogP contribution in [0.5, 0.6) is 0 Å². The summed E-state index contributed by atoms with van der Waals surface area (Å²) in [4.78, 5) is 15.0. The molecule has 0 amide bonds. The zero-order valence-corrected chi connectivity index (χ0v) is 38.6. The highest BCUT2D eigenvalue weighted by molar-refractivity contribution is 6.10. The zero-order valence-electron chi connectivity index (χ0n) is 38.6. The van der Waals surface area contributed by atoms with Gasteiger partial charge in [-0.2, -0.15) is 0 Å². The molecule has 0 fully saturated rings. The Hall–Kier alpha value is -8.21. The normalized spacial score (nSPS) is 13.2. The maximum Gasteiger partial charge on any atom is 0.164 e. The van der Waals surface area contributed by atoms with E-state index in [1.807, 2.05) is 60.7 Å². The van der Waals surface area contributed by atoms with Crippen LogP contribution in [0.15, 0.2) is 218 Å². The average molecular weight is 875 g/mol. The summed E-state index contributed by atoms with van der Waals surface area (Å²) in [6.07, 6.45) is 2.11. The second kappa shape index (κ2) is 16.9. The Morgan fingerprint density at radius 3 is 1.66 bits per heavy atom. The number of nitrogens with zero attached hydrogens (tertiary/aromatic N) is 4. The summed E-state index contributed by atoms with van der Waals surface area (Å²) in [5.74, 6) is 2.29. The van der Waals surface area contributed by atoms with Crippen LogP contribution in [0, 0.1) is 0 Å². The Morgan fingerprint density at radius 1 is 0.397 bits per heavy atom. The molecule has 326 valence electrons. The Morgan fingerprint density at radius 2 is 0.941 bits per heavy atom. The highest BCUT2D eigenvalue weighted by Crippen LogP contribution is 2.48. The van der Waals surface area contributed by atoms with E-state index in [1.165, 1.54) is 60.8 Å². The topological polar surface area (TPSA) is 43.6 Å². The molecule has 1 aliphatic carbocycles. The first kappa shape index (κ1) is 41.2. The molecular formula is C64H50N4. The maximum absolute atomic E-state index is 5.03. The Bertz CT molecular complexity index is 3580. The quantitative estimate of drug-likeness (QED) is 0.145. The van der Waals surface area contributed by atoms with Crippen molar-refractivity contribution in [2.45, 2.75) is 44.9 Å². The maximum atomic E-state index is 5.03. The van der Waals surface area contributed by atoms with Crippen molar-refractivity contribution in [3.63, 3.8) is 0 Å². The lowest BCUT2D eigenvalue weighted by atomic mass is 9.85. The van der Waals surface area contributed by atoms with Gasteiger partial charge in [-0.1, -0.05) is 203 Å². The zero-order chi connectivity index (χ0) is 45.8. The Labute approximate surface area is 398 Å². The molecule has 0 spiro atoms. The predicted octanol–water partition coefficient (Wildman–Crippen LogP) is 16.3. The number of para-hydroxylation sites is 1. The van der Waals surface area contributed by atoms with Crippen LogP contribution in [0.25, 0.3) is 95.0 Å². The molecule has 1 atom stereocenters. The fourth-order valence-corrected chi connectivity index (χ4v) is 10.3. The molecule has 1 aliphatic rings. The van der Waals surface area contributed by atoms with E-state index in [0.717, 1.165) is 51.9 Å². The van der Waals surface area contributed by atoms with E-state index in [9.17, 15) is 0 Å². The molecule has 11 aromatic rings. The molecule has 0 aliphatic heterocycles. The van der Waals surface area contributed by atoms with Gasteiger partial charge in [0.05, 0.1) is 11.0 Å². The summed E-state index contributed by atoms with van der Waals surface area (Å²) in [6.45, 7) is 6.85. The van der Waals surface area contributed by atoms with Gasteiger partial charge in [0.1, 0.15) is 0 Å². The third-order valence-electron chi connectivity index (χ3n) is 13.9. The minimum atomic E-state index is 0.151. The first-order chi connectivity index (χ1) is 33.3. The summed E-state index contributed by atoms with van der Waals surface area (Å²) in [6, 6.07) is 79.0. The number of benzene rings is 9. The molecule has 9 aromatic carbocycles. The molecule has 4 heteroatoms. The van der Waals surface area contributed by atoms with Crippen molar-refractivity contribution in [3.8, 4) is 73.2 Å². The number of aromatic nitrogens is 4. The Balaban J connectivity index is 0.880. The average Bonchev–Trinajstić information content (AvgIpc) is 3.90. The first-order valence-corrected chi connectivity index (χ1v) is 23.8. The molecule has 1 unspecified atom stereocenters. The van der Waals surface area contributed by atoms with E-state index in [2.05, 4.69) is 183 Å². The predicted molar refractivity (Wildman–Crippen MR) is 282 cm³/mol. The van der Waals surface area contributed by atoms with Crippen LogP contribution in [0.2, 0.25) is 0 Å². The van der Waals surface area contributed by atoms with E-state index >= 15 is 0 Å². The first-order valence-electron chi connectivity index (χ1n) is 23.8. The van der Waals surface area contributed by atoms with Gasteiger partial charge in [0.15, 0.2) is 17.5 Å². The van der Waals surface area contributed by atoms with Crippen molar-refractivity contribution in [1.82, 2.24) is 19.5 Å². The van der Waals surface area contributed by atoms with Crippen LogP contribution < -0.4 is 0 Å². The molecule has 4 nitrogen and oxygen atoms in total. The highest BCUT2D eigenvalue weighted by Gasteiger charge is 2.29. The van der Waals surface area contributed by atoms with Crippen molar-refractivity contribution in [2.24, 2.45) is 0 Å². The summed E-state index contributed by atoms with van der Waals surface area (Å²) in [5, 5.41) is 2.45. The van der Waals surface area contributed by atoms with Gasteiger partial charge in [-0.05, 0) is 110 Å².